The van der Waals surface area contributed by atoms with Gasteiger partial charge in [-0.15, -0.1) is 0 Å². The standard InChI is InChI=1S/C28H31ClF2N6O5/c1-17(39)37(34-15-19-6-3-8-21(31)26(19)29)23(9-4-12-38)27(22-16-32-10-11-33-22)41-28(40)35-25-14-24(42-36-25)18-5-2-7-20(30)13-18/h2-3,5-8,12-14,22-23,27,32-34H,4,9-11,15-16H2,1H3,(H,35,36,40)/t22?,23-,27?/m0/s1. The third-order valence-corrected chi connectivity index (χ3v) is 7.09. The topological polar surface area (TPSA) is 138 Å². The van der Waals surface area contributed by atoms with E-state index >= 15 is 0 Å². The molecule has 1 saturated heterocycles. The van der Waals surface area contributed by atoms with Crippen LogP contribution in [0.4, 0.5) is 19.4 Å². The number of carbonyl (C=O) groups is 3. The Labute approximate surface area is 245 Å². The van der Waals surface area contributed by atoms with Crippen LogP contribution in [-0.4, -0.2) is 66.3 Å². The van der Waals surface area contributed by atoms with Gasteiger partial charge in [-0.25, -0.2) is 19.0 Å². The smallest absolute Gasteiger partial charge is 0.413 e. The average molecular weight is 605 g/mol. The lowest BCUT2D eigenvalue weighted by molar-refractivity contribution is -0.140. The predicted molar refractivity (Wildman–Crippen MR) is 150 cm³/mol. The summed E-state index contributed by atoms with van der Waals surface area (Å²) in [4.78, 5) is 37.4. The number of aromatic nitrogens is 1. The first-order valence-electron chi connectivity index (χ1n) is 13.3. The van der Waals surface area contributed by atoms with Crippen molar-refractivity contribution in [3.63, 3.8) is 0 Å². The summed E-state index contributed by atoms with van der Waals surface area (Å²) < 4.78 is 38.8. The van der Waals surface area contributed by atoms with E-state index in [9.17, 15) is 23.2 Å². The number of hydrogen-bond donors (Lipinski definition) is 4. The maximum Gasteiger partial charge on any atom is 0.413 e. The molecule has 0 radical (unpaired) electrons. The van der Waals surface area contributed by atoms with Crippen molar-refractivity contribution >= 4 is 35.7 Å². The van der Waals surface area contributed by atoms with Gasteiger partial charge in [0.05, 0.1) is 17.1 Å². The van der Waals surface area contributed by atoms with Crippen molar-refractivity contribution in [3.05, 3.63) is 70.8 Å². The van der Waals surface area contributed by atoms with E-state index in [-0.39, 0.29) is 36.0 Å². The highest BCUT2D eigenvalue weighted by Crippen LogP contribution is 2.25. The lowest BCUT2D eigenvalue weighted by Crippen LogP contribution is -2.63. The molecule has 0 spiro atoms. The Hall–Kier alpha value is -3.91. The van der Waals surface area contributed by atoms with Crippen LogP contribution in [0.1, 0.15) is 25.3 Å². The number of ether oxygens (including phenoxy) is 1. The van der Waals surface area contributed by atoms with Crippen LogP contribution in [0.3, 0.4) is 0 Å². The minimum Gasteiger partial charge on any atom is -0.442 e. The predicted octanol–water partition coefficient (Wildman–Crippen LogP) is 3.65. The monoisotopic (exact) mass is 604 g/mol. The number of hydrogen-bond acceptors (Lipinski definition) is 9. The number of amides is 2. The van der Waals surface area contributed by atoms with Crippen molar-refractivity contribution in [3.8, 4) is 11.3 Å². The largest absolute Gasteiger partial charge is 0.442 e. The van der Waals surface area contributed by atoms with Crippen molar-refractivity contribution in [2.45, 2.75) is 44.5 Å². The molecule has 2 aromatic carbocycles. The third kappa shape index (κ3) is 8.10. The van der Waals surface area contributed by atoms with Gasteiger partial charge < -0.3 is 24.7 Å². The Morgan fingerprint density at radius 2 is 2.05 bits per heavy atom. The van der Waals surface area contributed by atoms with E-state index < -0.39 is 41.8 Å². The zero-order valence-electron chi connectivity index (χ0n) is 22.7. The quantitative estimate of drug-likeness (QED) is 0.180. The molecule has 42 heavy (non-hydrogen) atoms. The Kier molecular flexibility index (Phi) is 11.0. The maximum absolute atomic E-state index is 14.0. The molecule has 1 aliphatic rings. The van der Waals surface area contributed by atoms with Crippen LogP contribution in [0.2, 0.25) is 5.02 Å². The number of carbonyl (C=O) groups excluding carboxylic acids is 3. The first kappa shape index (κ1) is 31.0. The molecule has 1 fully saturated rings. The number of halogens is 3. The molecular formula is C28H31ClF2N6O5. The van der Waals surface area contributed by atoms with Crippen LogP contribution in [-0.2, 0) is 20.9 Å². The van der Waals surface area contributed by atoms with E-state index in [1.54, 1.807) is 12.1 Å². The Morgan fingerprint density at radius 1 is 1.24 bits per heavy atom. The fourth-order valence-electron chi connectivity index (χ4n) is 4.70. The lowest BCUT2D eigenvalue weighted by Gasteiger charge is -2.41. The average Bonchev–Trinajstić information content (AvgIpc) is 3.44. The molecule has 0 aliphatic carbocycles. The number of anilines is 1. The Bertz CT molecular complexity index is 1390. The molecule has 2 heterocycles. The van der Waals surface area contributed by atoms with Gasteiger partial charge in [-0.3, -0.25) is 15.1 Å². The first-order chi connectivity index (χ1) is 20.3. The summed E-state index contributed by atoms with van der Waals surface area (Å²) in [7, 11) is 0. The normalized spacial score (nSPS) is 16.3. The molecule has 4 rings (SSSR count). The van der Waals surface area contributed by atoms with Crippen molar-refractivity contribution < 1.29 is 32.4 Å². The number of aldehydes is 1. The molecule has 1 aliphatic heterocycles. The molecule has 0 saturated carbocycles. The van der Waals surface area contributed by atoms with Crippen LogP contribution >= 0.6 is 11.6 Å². The van der Waals surface area contributed by atoms with E-state index in [0.29, 0.717) is 37.0 Å². The first-order valence-corrected chi connectivity index (χ1v) is 13.7. The molecule has 11 nitrogen and oxygen atoms in total. The molecule has 0 bridgehead atoms. The summed E-state index contributed by atoms with van der Waals surface area (Å²) in [5.41, 5.74) is 3.81. The maximum atomic E-state index is 14.0. The van der Waals surface area contributed by atoms with E-state index in [4.69, 9.17) is 20.9 Å². The molecule has 2 unspecified atom stereocenters. The molecule has 224 valence electrons. The fraction of sp³-hybridized carbons (Fsp3) is 0.357. The van der Waals surface area contributed by atoms with Gasteiger partial charge in [0.15, 0.2) is 11.6 Å². The van der Waals surface area contributed by atoms with Gasteiger partial charge in [0.25, 0.3) is 0 Å². The van der Waals surface area contributed by atoms with E-state index in [0.717, 1.165) is 0 Å². The summed E-state index contributed by atoms with van der Waals surface area (Å²) in [6.45, 7) is 2.97. The van der Waals surface area contributed by atoms with Crippen LogP contribution in [0.15, 0.2) is 53.1 Å². The summed E-state index contributed by atoms with van der Waals surface area (Å²) in [5, 5.41) is 14.0. The van der Waals surface area contributed by atoms with Gasteiger partial charge in [0.2, 0.25) is 5.91 Å². The van der Waals surface area contributed by atoms with Gasteiger partial charge in [0, 0.05) is 51.2 Å². The van der Waals surface area contributed by atoms with Crippen LogP contribution in [0.5, 0.6) is 0 Å². The number of benzene rings is 2. The molecule has 1 aromatic heterocycles. The summed E-state index contributed by atoms with van der Waals surface area (Å²) in [6.07, 6.45) is -0.914. The second-order valence-electron chi connectivity index (χ2n) is 9.59. The second-order valence-corrected chi connectivity index (χ2v) is 9.97. The summed E-state index contributed by atoms with van der Waals surface area (Å²) >= 11 is 6.11. The van der Waals surface area contributed by atoms with E-state index in [1.165, 1.54) is 48.3 Å². The fourth-order valence-corrected chi connectivity index (χ4v) is 4.90. The number of rotatable bonds is 12. The van der Waals surface area contributed by atoms with Gasteiger partial charge in [-0.1, -0.05) is 41.0 Å². The lowest BCUT2D eigenvalue weighted by atomic mass is 9.96. The molecule has 3 atom stereocenters. The van der Waals surface area contributed by atoms with Gasteiger partial charge in [-0.2, -0.15) is 0 Å². The van der Waals surface area contributed by atoms with Gasteiger partial charge in [0.1, 0.15) is 24.0 Å². The Morgan fingerprint density at radius 3 is 2.76 bits per heavy atom. The van der Waals surface area contributed by atoms with Gasteiger partial charge in [-0.05, 0) is 30.2 Å². The highest BCUT2D eigenvalue weighted by atomic mass is 35.5. The molecule has 4 N–H and O–H groups in total. The highest BCUT2D eigenvalue weighted by Gasteiger charge is 2.38. The van der Waals surface area contributed by atoms with Crippen molar-refractivity contribution in [2.24, 2.45) is 0 Å². The second kappa shape index (κ2) is 14.8. The zero-order valence-corrected chi connectivity index (χ0v) is 23.5. The third-order valence-electron chi connectivity index (χ3n) is 6.66. The van der Waals surface area contributed by atoms with E-state index in [1.807, 2.05) is 0 Å². The van der Waals surface area contributed by atoms with Crippen LogP contribution < -0.4 is 21.4 Å². The van der Waals surface area contributed by atoms with Crippen molar-refractivity contribution in [1.29, 1.82) is 0 Å². The van der Waals surface area contributed by atoms with E-state index in [2.05, 4.69) is 26.5 Å². The van der Waals surface area contributed by atoms with Crippen LogP contribution in [0, 0.1) is 11.6 Å². The minimum atomic E-state index is -0.952. The Balaban J connectivity index is 1.55. The molecule has 3 aromatic rings. The number of nitrogens with one attached hydrogen (secondary N) is 4. The SMILES string of the molecule is CC(=O)N(NCc1cccc(F)c1Cl)[C@@H](CCC=O)C(OC(=O)Nc1cc(-c2cccc(F)c2)on1)C1CNCCN1. The highest BCUT2D eigenvalue weighted by molar-refractivity contribution is 6.31. The van der Waals surface area contributed by atoms with Crippen molar-refractivity contribution in [1.82, 2.24) is 26.2 Å². The molecule has 2 amide bonds. The summed E-state index contributed by atoms with van der Waals surface area (Å²) in [5.74, 6) is -1.23. The van der Waals surface area contributed by atoms with Gasteiger partial charge >= 0.3 is 6.09 Å². The number of hydrazine groups is 1. The summed E-state index contributed by atoms with van der Waals surface area (Å²) in [6, 6.07) is 10.2. The molecule has 14 heteroatoms. The number of nitrogens with zero attached hydrogens (tertiary/aromatic N) is 2. The van der Waals surface area contributed by atoms with Crippen LogP contribution in [0.25, 0.3) is 11.3 Å². The zero-order chi connectivity index (χ0) is 30.1. The molecular weight excluding hydrogens is 574 g/mol. The number of piperazine rings is 1. The minimum absolute atomic E-state index is 0.00911. The van der Waals surface area contributed by atoms with Crippen molar-refractivity contribution in [2.75, 3.05) is 25.0 Å².